The first kappa shape index (κ1) is 15.7. The molecular weight excluding hydrogens is 320 g/mol. The second-order valence-electron chi connectivity index (χ2n) is 6.38. The van der Waals surface area contributed by atoms with E-state index in [0.29, 0.717) is 6.04 Å². The minimum absolute atomic E-state index is 0.336. The van der Waals surface area contributed by atoms with E-state index in [1.54, 1.807) is 17.6 Å². The van der Waals surface area contributed by atoms with Gasteiger partial charge >= 0.3 is 0 Å². The third kappa shape index (κ3) is 3.19. The fourth-order valence-electron chi connectivity index (χ4n) is 3.44. The van der Waals surface area contributed by atoms with Crippen molar-refractivity contribution in [2.24, 2.45) is 0 Å². The Labute approximate surface area is 146 Å². The zero-order valence-corrected chi connectivity index (χ0v) is 14.7. The average molecular weight is 342 g/mol. The Kier molecular flexibility index (Phi) is 4.54. The molecule has 0 radical (unpaired) electrons. The molecule has 0 N–H and O–H groups in total. The van der Waals surface area contributed by atoms with Crippen molar-refractivity contribution in [1.29, 1.82) is 0 Å². The minimum Gasteiger partial charge on any atom is -0.468 e. The second kappa shape index (κ2) is 6.95. The number of rotatable bonds is 4. The van der Waals surface area contributed by atoms with Gasteiger partial charge in [-0.1, -0.05) is 12.8 Å². The molecule has 1 atom stereocenters. The van der Waals surface area contributed by atoms with Crippen molar-refractivity contribution in [2.75, 3.05) is 6.54 Å². The van der Waals surface area contributed by atoms with E-state index in [1.807, 2.05) is 13.0 Å². The van der Waals surface area contributed by atoms with Gasteiger partial charge in [0.15, 0.2) is 0 Å². The fourth-order valence-corrected chi connectivity index (χ4v) is 4.07. The molecule has 0 saturated carbocycles. The summed E-state index contributed by atoms with van der Waals surface area (Å²) in [5, 5.41) is 4.13. The summed E-state index contributed by atoms with van der Waals surface area (Å²) in [5.74, 6) is 2.71. The van der Waals surface area contributed by atoms with Gasteiger partial charge in [0.25, 0.3) is 0 Å². The molecule has 1 saturated heterocycles. The summed E-state index contributed by atoms with van der Waals surface area (Å²) in [6.45, 7) is 3.90. The predicted molar refractivity (Wildman–Crippen MR) is 94.9 cm³/mol. The van der Waals surface area contributed by atoms with Gasteiger partial charge in [0.2, 0.25) is 5.89 Å². The molecule has 4 rings (SSSR count). The molecule has 0 aliphatic carbocycles. The highest BCUT2D eigenvalue weighted by atomic mass is 32.1. The van der Waals surface area contributed by atoms with E-state index >= 15 is 0 Å². The number of thiophene rings is 1. The molecule has 1 unspecified atom stereocenters. The van der Waals surface area contributed by atoms with Gasteiger partial charge < -0.3 is 8.83 Å². The SMILES string of the molecule is Cc1oc(-c2ccsc2)nc1CN1CCCCCC1c1ccco1. The molecule has 1 aliphatic heterocycles. The Morgan fingerprint density at radius 2 is 2.25 bits per heavy atom. The lowest BCUT2D eigenvalue weighted by Gasteiger charge is -2.27. The third-order valence-corrected chi connectivity index (χ3v) is 5.43. The maximum absolute atomic E-state index is 5.90. The minimum atomic E-state index is 0.336. The molecule has 0 bridgehead atoms. The van der Waals surface area contributed by atoms with Crippen molar-refractivity contribution in [1.82, 2.24) is 9.88 Å². The van der Waals surface area contributed by atoms with Gasteiger partial charge in [0.05, 0.1) is 18.0 Å². The number of nitrogens with zero attached hydrogens (tertiary/aromatic N) is 2. The van der Waals surface area contributed by atoms with Gasteiger partial charge in [0, 0.05) is 17.5 Å². The highest BCUT2D eigenvalue weighted by molar-refractivity contribution is 7.08. The van der Waals surface area contributed by atoms with E-state index in [-0.39, 0.29) is 0 Å². The number of likely N-dealkylation sites (tertiary alicyclic amines) is 1. The maximum atomic E-state index is 5.90. The molecule has 0 aromatic carbocycles. The Hall–Kier alpha value is -1.85. The lowest BCUT2D eigenvalue weighted by molar-refractivity contribution is 0.167. The first-order chi connectivity index (χ1) is 11.8. The lowest BCUT2D eigenvalue weighted by atomic mass is 10.1. The highest BCUT2D eigenvalue weighted by Crippen LogP contribution is 2.32. The molecule has 4 heterocycles. The molecule has 1 aliphatic rings. The van der Waals surface area contributed by atoms with Crippen molar-refractivity contribution in [3.63, 3.8) is 0 Å². The van der Waals surface area contributed by atoms with Crippen molar-refractivity contribution in [2.45, 2.75) is 45.2 Å². The number of aromatic nitrogens is 1. The molecule has 3 aromatic rings. The van der Waals surface area contributed by atoms with Gasteiger partial charge in [-0.05, 0) is 49.9 Å². The van der Waals surface area contributed by atoms with Crippen molar-refractivity contribution in [3.05, 3.63) is 52.4 Å². The van der Waals surface area contributed by atoms with Crippen LogP contribution in [-0.2, 0) is 6.54 Å². The molecule has 126 valence electrons. The summed E-state index contributed by atoms with van der Waals surface area (Å²) in [7, 11) is 0. The first-order valence-electron chi connectivity index (χ1n) is 8.57. The van der Waals surface area contributed by atoms with Crippen LogP contribution in [0.1, 0.15) is 48.9 Å². The van der Waals surface area contributed by atoms with Crippen LogP contribution in [0.25, 0.3) is 11.5 Å². The average Bonchev–Trinajstić information content (AvgIpc) is 3.30. The van der Waals surface area contributed by atoms with E-state index in [4.69, 9.17) is 13.8 Å². The van der Waals surface area contributed by atoms with Crippen LogP contribution in [0.5, 0.6) is 0 Å². The predicted octanol–water partition coefficient (Wildman–Crippen LogP) is 5.42. The Balaban J connectivity index is 1.58. The van der Waals surface area contributed by atoms with Gasteiger partial charge in [-0.2, -0.15) is 11.3 Å². The summed E-state index contributed by atoms with van der Waals surface area (Å²) in [6, 6.07) is 6.46. The van der Waals surface area contributed by atoms with Crippen molar-refractivity contribution >= 4 is 11.3 Å². The van der Waals surface area contributed by atoms with Crippen LogP contribution in [0.4, 0.5) is 0 Å². The van der Waals surface area contributed by atoms with E-state index < -0.39 is 0 Å². The monoisotopic (exact) mass is 342 g/mol. The van der Waals surface area contributed by atoms with E-state index in [0.717, 1.165) is 48.2 Å². The van der Waals surface area contributed by atoms with Crippen LogP contribution in [0.2, 0.25) is 0 Å². The van der Waals surface area contributed by atoms with Crippen LogP contribution in [-0.4, -0.2) is 16.4 Å². The van der Waals surface area contributed by atoms with Gasteiger partial charge in [-0.3, -0.25) is 4.90 Å². The molecule has 0 amide bonds. The first-order valence-corrected chi connectivity index (χ1v) is 9.52. The van der Waals surface area contributed by atoms with Crippen LogP contribution < -0.4 is 0 Å². The molecule has 5 heteroatoms. The van der Waals surface area contributed by atoms with E-state index in [1.165, 1.54) is 19.3 Å². The highest BCUT2D eigenvalue weighted by Gasteiger charge is 2.26. The zero-order valence-electron chi connectivity index (χ0n) is 13.9. The summed E-state index contributed by atoms with van der Waals surface area (Å²) in [6.07, 6.45) is 6.67. The largest absolute Gasteiger partial charge is 0.468 e. The summed E-state index contributed by atoms with van der Waals surface area (Å²) < 4.78 is 11.6. The number of furan rings is 1. The zero-order chi connectivity index (χ0) is 16.4. The standard InChI is InChI=1S/C19H22N2O2S/c1-14-16(20-19(23-14)15-8-11-24-13-15)12-21-9-4-2-3-6-17(21)18-7-5-10-22-18/h5,7-8,10-11,13,17H,2-4,6,9,12H2,1H3. The van der Waals surface area contributed by atoms with Gasteiger partial charge in [-0.25, -0.2) is 4.98 Å². The molecule has 0 spiro atoms. The third-order valence-electron chi connectivity index (χ3n) is 4.75. The Morgan fingerprint density at radius 3 is 3.04 bits per heavy atom. The van der Waals surface area contributed by atoms with Crippen LogP contribution >= 0.6 is 11.3 Å². The number of hydrogen-bond donors (Lipinski definition) is 0. The summed E-state index contributed by atoms with van der Waals surface area (Å²) in [4.78, 5) is 7.25. The fraction of sp³-hybridized carbons (Fsp3) is 0.421. The van der Waals surface area contributed by atoms with E-state index in [2.05, 4.69) is 27.8 Å². The summed E-state index contributed by atoms with van der Waals surface area (Å²) in [5.41, 5.74) is 2.10. The van der Waals surface area contributed by atoms with Crippen LogP contribution in [0, 0.1) is 6.92 Å². The lowest BCUT2D eigenvalue weighted by Crippen LogP contribution is -2.28. The quantitative estimate of drug-likeness (QED) is 0.635. The molecule has 1 fully saturated rings. The molecule has 4 nitrogen and oxygen atoms in total. The van der Waals surface area contributed by atoms with Gasteiger partial charge in [-0.15, -0.1) is 0 Å². The van der Waals surface area contributed by atoms with E-state index in [9.17, 15) is 0 Å². The molecular formula is C19H22N2O2S. The Bertz CT molecular complexity index is 762. The molecule has 3 aromatic heterocycles. The number of oxazole rings is 1. The second-order valence-corrected chi connectivity index (χ2v) is 7.16. The van der Waals surface area contributed by atoms with Gasteiger partial charge in [0.1, 0.15) is 11.5 Å². The maximum Gasteiger partial charge on any atom is 0.227 e. The topological polar surface area (TPSA) is 42.4 Å². The van der Waals surface area contributed by atoms with Crippen LogP contribution in [0.3, 0.4) is 0 Å². The number of aryl methyl sites for hydroxylation is 1. The summed E-state index contributed by atoms with van der Waals surface area (Å²) >= 11 is 1.66. The van der Waals surface area contributed by atoms with Crippen LogP contribution in [0.15, 0.2) is 44.1 Å². The Morgan fingerprint density at radius 1 is 1.29 bits per heavy atom. The number of hydrogen-bond acceptors (Lipinski definition) is 5. The smallest absolute Gasteiger partial charge is 0.227 e. The normalized spacial score (nSPS) is 19.5. The van der Waals surface area contributed by atoms with Crippen molar-refractivity contribution in [3.8, 4) is 11.5 Å². The van der Waals surface area contributed by atoms with Crippen molar-refractivity contribution < 1.29 is 8.83 Å². The molecule has 24 heavy (non-hydrogen) atoms.